The number of pyridine rings is 1. The molecule has 0 unspecified atom stereocenters. The highest BCUT2D eigenvalue weighted by atomic mass is 35.5. The molecule has 0 saturated carbocycles. The summed E-state index contributed by atoms with van der Waals surface area (Å²) in [7, 11) is 0. The Balaban J connectivity index is 1.92. The molecule has 0 atom stereocenters. The molecule has 0 fully saturated rings. The highest BCUT2D eigenvalue weighted by Gasteiger charge is 2.19. The van der Waals surface area contributed by atoms with Crippen LogP contribution in [0.3, 0.4) is 0 Å². The molecule has 0 amide bonds. The van der Waals surface area contributed by atoms with E-state index in [0.717, 1.165) is 17.7 Å². The minimum Gasteiger partial charge on any atom is -0.438 e. The molecular formula is C24H12Cl2F2N2O. The number of ether oxygens (including phenoxy) is 1. The Morgan fingerprint density at radius 1 is 0.839 bits per heavy atom. The van der Waals surface area contributed by atoms with E-state index in [4.69, 9.17) is 27.9 Å². The summed E-state index contributed by atoms with van der Waals surface area (Å²) in [5, 5.41) is 10.7. The lowest BCUT2D eigenvalue weighted by molar-refractivity contribution is 0.447. The van der Waals surface area contributed by atoms with Crippen LogP contribution >= 0.6 is 23.2 Å². The Bertz CT molecular complexity index is 1320. The number of rotatable bonds is 4. The molecule has 3 nitrogen and oxygen atoms in total. The van der Waals surface area contributed by atoms with Crippen LogP contribution in [0.15, 0.2) is 72.8 Å². The first-order chi connectivity index (χ1) is 15.0. The number of aromatic nitrogens is 1. The molecule has 3 aromatic carbocycles. The first kappa shape index (κ1) is 20.8. The molecular weight excluding hydrogens is 441 g/mol. The van der Waals surface area contributed by atoms with Gasteiger partial charge in [-0.2, -0.15) is 5.26 Å². The third-order valence-corrected chi connectivity index (χ3v) is 5.08. The van der Waals surface area contributed by atoms with E-state index in [1.54, 1.807) is 48.5 Å². The quantitative estimate of drug-likeness (QED) is 0.319. The average molecular weight is 453 g/mol. The number of hydrogen-bond donors (Lipinski definition) is 0. The molecule has 0 aliphatic carbocycles. The summed E-state index contributed by atoms with van der Waals surface area (Å²) in [6.07, 6.45) is 0. The minimum absolute atomic E-state index is 0.00671. The molecule has 0 aliphatic heterocycles. The van der Waals surface area contributed by atoms with Gasteiger partial charge in [0.2, 0.25) is 5.88 Å². The monoisotopic (exact) mass is 452 g/mol. The number of halogens is 4. The predicted octanol–water partition coefficient (Wildman–Crippen LogP) is 7.66. The molecule has 0 spiro atoms. The van der Waals surface area contributed by atoms with Crippen molar-refractivity contribution in [3.63, 3.8) is 0 Å². The first-order valence-electron chi connectivity index (χ1n) is 9.05. The minimum atomic E-state index is -1.07. The SMILES string of the molecule is N#Cc1cc(-c2ccc(Cl)cc2)c(-c2ccccc2Cl)nc1Oc1ccc(F)c(F)c1. The van der Waals surface area contributed by atoms with Crippen LogP contribution in [-0.2, 0) is 0 Å². The number of benzene rings is 3. The largest absolute Gasteiger partial charge is 0.438 e. The van der Waals surface area contributed by atoms with Gasteiger partial charge in [-0.05, 0) is 42.0 Å². The zero-order valence-corrected chi connectivity index (χ0v) is 17.3. The summed E-state index contributed by atoms with van der Waals surface area (Å²) in [5.41, 5.74) is 2.60. The van der Waals surface area contributed by atoms with Gasteiger partial charge in [-0.15, -0.1) is 0 Å². The van der Waals surface area contributed by atoms with Gasteiger partial charge < -0.3 is 4.74 Å². The molecule has 0 aliphatic rings. The van der Waals surface area contributed by atoms with Crippen LogP contribution in [0.5, 0.6) is 11.6 Å². The van der Waals surface area contributed by atoms with Crippen molar-refractivity contribution in [2.24, 2.45) is 0 Å². The van der Waals surface area contributed by atoms with Gasteiger partial charge in [0.25, 0.3) is 0 Å². The Kier molecular flexibility index (Phi) is 5.85. The molecule has 0 bridgehead atoms. The van der Waals surface area contributed by atoms with E-state index in [0.29, 0.717) is 26.9 Å². The Hall–Kier alpha value is -3.46. The lowest BCUT2D eigenvalue weighted by Gasteiger charge is -2.15. The standard InChI is InChI=1S/C24H12Cl2F2N2O/c25-16-7-5-14(6-8-16)19-11-15(13-29)24(31-17-9-10-21(27)22(28)12-17)30-23(19)18-3-1-2-4-20(18)26/h1-12H. The zero-order valence-electron chi connectivity index (χ0n) is 15.7. The van der Waals surface area contributed by atoms with E-state index in [1.807, 2.05) is 12.1 Å². The number of hydrogen-bond acceptors (Lipinski definition) is 3. The molecule has 4 rings (SSSR count). The molecule has 7 heteroatoms. The predicted molar refractivity (Wildman–Crippen MR) is 116 cm³/mol. The van der Waals surface area contributed by atoms with Gasteiger partial charge in [-0.3, -0.25) is 0 Å². The van der Waals surface area contributed by atoms with Gasteiger partial charge in [-0.25, -0.2) is 13.8 Å². The molecule has 4 aromatic rings. The second-order valence-corrected chi connectivity index (χ2v) is 7.36. The van der Waals surface area contributed by atoms with Gasteiger partial charge in [-0.1, -0.05) is 53.5 Å². The zero-order chi connectivity index (χ0) is 22.0. The van der Waals surface area contributed by atoms with E-state index in [2.05, 4.69) is 4.98 Å². The van der Waals surface area contributed by atoms with Crippen molar-refractivity contribution in [1.82, 2.24) is 4.98 Å². The summed E-state index contributed by atoms with van der Waals surface area (Å²) in [4.78, 5) is 4.54. The maximum atomic E-state index is 13.6. The lowest BCUT2D eigenvalue weighted by atomic mass is 9.98. The lowest BCUT2D eigenvalue weighted by Crippen LogP contribution is -1.98. The van der Waals surface area contributed by atoms with E-state index in [1.165, 1.54) is 6.07 Å². The number of nitriles is 1. The van der Waals surface area contributed by atoms with Gasteiger partial charge >= 0.3 is 0 Å². The first-order valence-corrected chi connectivity index (χ1v) is 9.81. The van der Waals surface area contributed by atoms with E-state index >= 15 is 0 Å². The summed E-state index contributed by atoms with van der Waals surface area (Å²) in [5.74, 6) is -2.12. The van der Waals surface area contributed by atoms with Gasteiger partial charge in [0.05, 0.1) is 5.69 Å². The van der Waals surface area contributed by atoms with Crippen LogP contribution in [0.25, 0.3) is 22.4 Å². The molecule has 1 aromatic heterocycles. The number of nitrogens with zero attached hydrogens (tertiary/aromatic N) is 2. The Labute approximate surface area is 187 Å². The maximum Gasteiger partial charge on any atom is 0.237 e. The summed E-state index contributed by atoms with van der Waals surface area (Å²) in [6, 6.07) is 20.9. The fourth-order valence-electron chi connectivity index (χ4n) is 3.01. The fraction of sp³-hybridized carbons (Fsp3) is 0. The van der Waals surface area contributed by atoms with Crippen molar-refractivity contribution in [1.29, 1.82) is 5.26 Å². The van der Waals surface area contributed by atoms with Crippen molar-refractivity contribution in [2.75, 3.05) is 0 Å². The highest BCUT2D eigenvalue weighted by Crippen LogP contribution is 2.38. The second-order valence-electron chi connectivity index (χ2n) is 6.51. The Morgan fingerprint density at radius 2 is 1.58 bits per heavy atom. The van der Waals surface area contributed by atoms with Gasteiger partial charge in [0, 0.05) is 27.2 Å². The van der Waals surface area contributed by atoms with Crippen molar-refractivity contribution < 1.29 is 13.5 Å². The molecule has 0 N–H and O–H groups in total. The smallest absolute Gasteiger partial charge is 0.237 e. The second kappa shape index (κ2) is 8.73. The molecule has 0 radical (unpaired) electrons. The van der Waals surface area contributed by atoms with Crippen LogP contribution in [0, 0.1) is 23.0 Å². The normalized spacial score (nSPS) is 10.5. The van der Waals surface area contributed by atoms with E-state index in [-0.39, 0.29) is 17.2 Å². The van der Waals surface area contributed by atoms with Crippen molar-refractivity contribution in [3.05, 3.63) is 100 Å². The molecule has 31 heavy (non-hydrogen) atoms. The van der Waals surface area contributed by atoms with E-state index < -0.39 is 11.6 Å². The van der Waals surface area contributed by atoms with Crippen molar-refractivity contribution in [3.8, 4) is 40.1 Å². The summed E-state index contributed by atoms with van der Waals surface area (Å²) >= 11 is 12.4. The van der Waals surface area contributed by atoms with Gasteiger partial charge in [0.15, 0.2) is 11.6 Å². The van der Waals surface area contributed by atoms with Crippen LogP contribution in [0.4, 0.5) is 8.78 Å². The summed E-state index contributed by atoms with van der Waals surface area (Å²) in [6.45, 7) is 0. The van der Waals surface area contributed by atoms with Crippen LogP contribution in [-0.4, -0.2) is 4.98 Å². The van der Waals surface area contributed by atoms with Crippen molar-refractivity contribution in [2.45, 2.75) is 0 Å². The third kappa shape index (κ3) is 4.36. The van der Waals surface area contributed by atoms with Gasteiger partial charge in [0.1, 0.15) is 17.4 Å². The van der Waals surface area contributed by atoms with Crippen LogP contribution in [0.2, 0.25) is 10.0 Å². The molecule has 152 valence electrons. The third-order valence-electron chi connectivity index (χ3n) is 4.50. The van der Waals surface area contributed by atoms with E-state index in [9.17, 15) is 14.0 Å². The van der Waals surface area contributed by atoms with Crippen molar-refractivity contribution >= 4 is 23.2 Å². The Morgan fingerprint density at radius 3 is 2.26 bits per heavy atom. The highest BCUT2D eigenvalue weighted by molar-refractivity contribution is 6.33. The van der Waals surface area contributed by atoms with Crippen LogP contribution < -0.4 is 4.74 Å². The maximum absolute atomic E-state index is 13.6. The average Bonchev–Trinajstić information content (AvgIpc) is 2.77. The summed E-state index contributed by atoms with van der Waals surface area (Å²) < 4.78 is 32.5. The van der Waals surface area contributed by atoms with Crippen LogP contribution in [0.1, 0.15) is 5.56 Å². The fourth-order valence-corrected chi connectivity index (χ4v) is 3.37. The molecule has 0 saturated heterocycles. The topological polar surface area (TPSA) is 45.9 Å². The molecule has 1 heterocycles.